The molecule has 0 fully saturated rings. The Bertz CT molecular complexity index is 1020. The van der Waals surface area contributed by atoms with E-state index in [2.05, 4.69) is 36.4 Å². The first-order chi connectivity index (χ1) is 12.6. The molecule has 0 amide bonds. The number of ketones is 2. The average Bonchev–Trinajstić information content (AvgIpc) is 2.66. The predicted molar refractivity (Wildman–Crippen MR) is 101 cm³/mol. The van der Waals surface area contributed by atoms with Gasteiger partial charge >= 0.3 is 0 Å². The third-order valence-corrected chi connectivity index (χ3v) is 5.86. The molecule has 2 atom stereocenters. The van der Waals surface area contributed by atoms with E-state index in [1.165, 1.54) is 22.3 Å². The van der Waals surface area contributed by atoms with E-state index in [0.29, 0.717) is 0 Å². The van der Waals surface area contributed by atoms with Crippen molar-refractivity contribution in [3.63, 3.8) is 0 Å². The summed E-state index contributed by atoms with van der Waals surface area (Å²) in [5.41, 5.74) is 8.69. The van der Waals surface area contributed by atoms with E-state index in [1.54, 1.807) is 13.8 Å². The van der Waals surface area contributed by atoms with Crippen LogP contribution in [0.25, 0.3) is 0 Å². The van der Waals surface area contributed by atoms with Gasteiger partial charge in [0, 0.05) is 23.0 Å². The molecule has 26 heavy (non-hydrogen) atoms. The molecule has 3 aliphatic rings. The van der Waals surface area contributed by atoms with Crippen molar-refractivity contribution in [1.82, 2.24) is 0 Å². The molecule has 126 valence electrons. The fraction of sp³-hybridized carbons (Fsp3) is 0.167. The van der Waals surface area contributed by atoms with Gasteiger partial charge in [-0.15, -0.1) is 0 Å². The highest BCUT2D eigenvalue weighted by Crippen LogP contribution is 2.57. The first kappa shape index (κ1) is 15.3. The molecule has 0 unspecified atom stereocenters. The molecule has 0 saturated carbocycles. The molecule has 0 spiro atoms. The Balaban J connectivity index is 1.93. The lowest BCUT2D eigenvalue weighted by molar-refractivity contribution is 0.100. The fourth-order valence-electron chi connectivity index (χ4n) is 4.92. The highest BCUT2D eigenvalue weighted by Gasteiger charge is 2.43. The van der Waals surface area contributed by atoms with E-state index in [4.69, 9.17) is 0 Å². The zero-order chi connectivity index (χ0) is 18.0. The SMILES string of the molecule is CC(=O)c1cccc2c1[C@H]1c3ccccc3[C@@H]2c2c(C(C)=O)cccc21. The fourth-order valence-corrected chi connectivity index (χ4v) is 4.92. The summed E-state index contributed by atoms with van der Waals surface area (Å²) in [6, 6.07) is 20.5. The van der Waals surface area contributed by atoms with Crippen LogP contribution in [0.4, 0.5) is 0 Å². The molecule has 3 aliphatic carbocycles. The van der Waals surface area contributed by atoms with Crippen LogP contribution in [0.2, 0.25) is 0 Å². The van der Waals surface area contributed by atoms with E-state index in [1.807, 2.05) is 24.3 Å². The van der Waals surface area contributed by atoms with Crippen molar-refractivity contribution in [2.75, 3.05) is 0 Å². The third-order valence-electron chi connectivity index (χ3n) is 5.86. The van der Waals surface area contributed by atoms with Crippen molar-refractivity contribution >= 4 is 11.6 Å². The maximum atomic E-state index is 12.3. The standard InChI is InChI=1S/C24H18O2/c1-13(25)15-9-5-11-19-21(15)23-17-7-3-4-8-18(17)24(19)22-16(14(2)26)10-6-12-20(22)23/h3-12,23-24H,1-2H3/t23-,24-/m0/s1. The number of hydrogen-bond acceptors (Lipinski definition) is 2. The highest BCUT2D eigenvalue weighted by atomic mass is 16.1. The van der Waals surface area contributed by atoms with Gasteiger partial charge in [-0.1, -0.05) is 60.7 Å². The summed E-state index contributed by atoms with van der Waals surface area (Å²) < 4.78 is 0. The topological polar surface area (TPSA) is 34.1 Å². The lowest BCUT2D eigenvalue weighted by atomic mass is 9.59. The Morgan fingerprint density at radius 2 is 0.962 bits per heavy atom. The van der Waals surface area contributed by atoms with Gasteiger partial charge in [0.05, 0.1) is 0 Å². The first-order valence-electron chi connectivity index (χ1n) is 8.96. The Morgan fingerprint density at radius 3 is 1.35 bits per heavy atom. The van der Waals surface area contributed by atoms with Crippen LogP contribution in [0, 0.1) is 0 Å². The molecule has 0 radical (unpaired) electrons. The summed E-state index contributed by atoms with van der Waals surface area (Å²) >= 11 is 0. The maximum Gasteiger partial charge on any atom is 0.160 e. The molecule has 2 heteroatoms. The summed E-state index contributed by atoms with van der Waals surface area (Å²) in [7, 11) is 0. The Morgan fingerprint density at radius 1 is 0.577 bits per heavy atom. The van der Waals surface area contributed by atoms with E-state index in [-0.39, 0.29) is 23.4 Å². The molecule has 0 aliphatic heterocycles. The van der Waals surface area contributed by atoms with E-state index in [0.717, 1.165) is 22.3 Å². The van der Waals surface area contributed by atoms with Crippen LogP contribution in [-0.2, 0) is 0 Å². The van der Waals surface area contributed by atoms with Gasteiger partial charge in [-0.3, -0.25) is 9.59 Å². The second kappa shape index (κ2) is 5.25. The Kier molecular flexibility index (Phi) is 3.08. The van der Waals surface area contributed by atoms with Crippen molar-refractivity contribution in [3.8, 4) is 0 Å². The molecule has 0 heterocycles. The molecule has 0 aromatic heterocycles. The zero-order valence-electron chi connectivity index (χ0n) is 14.7. The molecular weight excluding hydrogens is 320 g/mol. The monoisotopic (exact) mass is 338 g/mol. The van der Waals surface area contributed by atoms with Crippen LogP contribution < -0.4 is 0 Å². The summed E-state index contributed by atoms with van der Waals surface area (Å²) in [6.45, 7) is 3.27. The second-order valence-electron chi connectivity index (χ2n) is 7.22. The third kappa shape index (κ3) is 1.82. The van der Waals surface area contributed by atoms with Crippen molar-refractivity contribution in [1.29, 1.82) is 0 Å². The van der Waals surface area contributed by atoms with Gasteiger partial charge < -0.3 is 0 Å². The van der Waals surface area contributed by atoms with Crippen molar-refractivity contribution in [3.05, 3.63) is 105 Å². The quantitative estimate of drug-likeness (QED) is 0.421. The van der Waals surface area contributed by atoms with Gasteiger partial charge in [0.25, 0.3) is 0 Å². The number of carbonyl (C=O) groups is 2. The predicted octanol–water partition coefficient (Wildman–Crippen LogP) is 5.08. The molecule has 3 aromatic rings. The number of rotatable bonds is 2. The van der Waals surface area contributed by atoms with Gasteiger partial charge in [0.2, 0.25) is 0 Å². The van der Waals surface area contributed by atoms with Crippen molar-refractivity contribution in [2.24, 2.45) is 0 Å². The summed E-state index contributed by atoms with van der Waals surface area (Å²) in [5.74, 6) is 0.216. The van der Waals surface area contributed by atoms with Gasteiger partial charge in [0.15, 0.2) is 11.6 Å². The molecule has 0 N–H and O–H groups in total. The van der Waals surface area contributed by atoms with Gasteiger partial charge in [-0.2, -0.15) is 0 Å². The Labute approximate surface area is 152 Å². The number of benzene rings is 3. The van der Waals surface area contributed by atoms with Crippen LogP contribution in [0.1, 0.15) is 79.8 Å². The van der Waals surface area contributed by atoms with Crippen LogP contribution in [0.15, 0.2) is 60.7 Å². The number of hydrogen-bond donors (Lipinski definition) is 0. The number of Topliss-reactive ketones (excluding diaryl/α,β-unsaturated/α-hetero) is 2. The zero-order valence-corrected chi connectivity index (χ0v) is 14.7. The van der Waals surface area contributed by atoms with E-state index < -0.39 is 0 Å². The first-order valence-corrected chi connectivity index (χ1v) is 8.96. The van der Waals surface area contributed by atoms with Crippen LogP contribution >= 0.6 is 0 Å². The minimum atomic E-state index is 0.0144. The summed E-state index contributed by atoms with van der Waals surface area (Å²) in [5, 5.41) is 0. The van der Waals surface area contributed by atoms with Gasteiger partial charge in [-0.05, 0) is 47.2 Å². The lowest BCUT2D eigenvalue weighted by Gasteiger charge is -2.43. The molecule has 0 saturated heterocycles. The normalized spacial score (nSPS) is 18.7. The Hall–Kier alpha value is -3.00. The average molecular weight is 338 g/mol. The molecule has 2 bridgehead atoms. The number of carbonyl (C=O) groups excluding carboxylic acids is 2. The minimum Gasteiger partial charge on any atom is -0.295 e. The molecule has 6 rings (SSSR count). The maximum absolute atomic E-state index is 12.3. The van der Waals surface area contributed by atoms with Crippen molar-refractivity contribution < 1.29 is 9.59 Å². The largest absolute Gasteiger partial charge is 0.295 e. The molecular formula is C24H18O2. The summed E-state index contributed by atoms with van der Waals surface area (Å²) in [4.78, 5) is 24.7. The highest BCUT2D eigenvalue weighted by molar-refractivity contribution is 5.99. The lowest BCUT2D eigenvalue weighted by Crippen LogP contribution is -2.30. The smallest absolute Gasteiger partial charge is 0.160 e. The van der Waals surface area contributed by atoms with Crippen LogP contribution in [-0.4, -0.2) is 11.6 Å². The van der Waals surface area contributed by atoms with E-state index in [9.17, 15) is 9.59 Å². The van der Waals surface area contributed by atoms with Crippen LogP contribution in [0.5, 0.6) is 0 Å². The van der Waals surface area contributed by atoms with Gasteiger partial charge in [0.1, 0.15) is 0 Å². The second-order valence-corrected chi connectivity index (χ2v) is 7.22. The summed E-state index contributed by atoms with van der Waals surface area (Å²) in [6.07, 6.45) is 0. The van der Waals surface area contributed by atoms with Crippen molar-refractivity contribution in [2.45, 2.75) is 25.7 Å². The van der Waals surface area contributed by atoms with Gasteiger partial charge in [-0.25, -0.2) is 0 Å². The van der Waals surface area contributed by atoms with Crippen LogP contribution in [0.3, 0.4) is 0 Å². The minimum absolute atomic E-state index is 0.0144. The molecule has 2 nitrogen and oxygen atoms in total. The molecule has 3 aromatic carbocycles. The van der Waals surface area contributed by atoms with E-state index >= 15 is 0 Å².